The number of para-hydroxylation sites is 1. The molecule has 0 bridgehead atoms. The number of nitrogens with two attached hydrogens (primary N) is 1. The zero-order valence-electron chi connectivity index (χ0n) is 10.3. The van der Waals surface area contributed by atoms with Gasteiger partial charge in [0, 0.05) is 6.04 Å². The highest BCUT2D eigenvalue weighted by Crippen LogP contribution is 2.28. The second-order valence-corrected chi connectivity index (χ2v) is 4.77. The van der Waals surface area contributed by atoms with Gasteiger partial charge in [-0.05, 0) is 37.3 Å². The second kappa shape index (κ2) is 6.62. The van der Waals surface area contributed by atoms with E-state index in [2.05, 4.69) is 5.43 Å². The van der Waals surface area contributed by atoms with Crippen LogP contribution in [-0.4, -0.2) is 12.6 Å². The minimum atomic E-state index is 0.404. The Morgan fingerprint density at radius 1 is 1.24 bits per heavy atom. The van der Waals surface area contributed by atoms with E-state index >= 15 is 0 Å². The molecule has 2 rings (SSSR count). The van der Waals surface area contributed by atoms with Crippen LogP contribution in [0.25, 0.3) is 0 Å². The molecule has 0 aliphatic heterocycles. The van der Waals surface area contributed by atoms with Gasteiger partial charge in [-0.25, -0.2) is 0 Å². The maximum absolute atomic E-state index is 5.70. The lowest BCUT2D eigenvalue weighted by Crippen LogP contribution is -2.41. The molecule has 1 saturated carbocycles. The van der Waals surface area contributed by atoms with Crippen molar-refractivity contribution in [1.29, 1.82) is 0 Å². The van der Waals surface area contributed by atoms with Crippen LogP contribution < -0.4 is 16.0 Å². The molecule has 3 nitrogen and oxygen atoms in total. The average Bonchev–Trinajstić information content (AvgIpc) is 2.90. The van der Waals surface area contributed by atoms with Crippen molar-refractivity contribution in [2.24, 2.45) is 11.8 Å². The Labute approximate surface area is 103 Å². The summed E-state index contributed by atoms with van der Waals surface area (Å²) < 4.78 is 5.70. The van der Waals surface area contributed by atoms with Gasteiger partial charge in [-0.15, -0.1) is 0 Å². The normalized spacial score (nSPS) is 18.2. The first-order valence-electron chi connectivity index (χ1n) is 6.54. The van der Waals surface area contributed by atoms with Gasteiger partial charge in [-0.1, -0.05) is 31.0 Å². The molecule has 0 aromatic heterocycles. The summed E-state index contributed by atoms with van der Waals surface area (Å²) in [6.07, 6.45) is 6.29. The molecule has 1 aliphatic carbocycles. The largest absolute Gasteiger partial charge is 0.494 e. The van der Waals surface area contributed by atoms with E-state index < -0.39 is 0 Å². The molecule has 0 spiro atoms. The molecule has 1 aromatic carbocycles. The van der Waals surface area contributed by atoms with Crippen LogP contribution in [0.5, 0.6) is 5.75 Å². The fraction of sp³-hybridized carbons (Fsp3) is 0.571. The molecule has 0 amide bonds. The third-order valence-electron chi connectivity index (χ3n) is 3.62. The molecule has 1 atom stereocenters. The molecule has 3 heteroatoms. The Kier molecular flexibility index (Phi) is 4.83. The standard InChI is InChI=1S/C14H22N2O/c15-16-14(12-6-4-5-7-12)10-11-17-13-8-2-1-3-9-13/h1-3,8-9,12,14,16H,4-7,10-11,15H2. The van der Waals surface area contributed by atoms with Crippen molar-refractivity contribution in [3.63, 3.8) is 0 Å². The van der Waals surface area contributed by atoms with Gasteiger partial charge in [0.2, 0.25) is 0 Å². The fourth-order valence-corrected chi connectivity index (χ4v) is 2.64. The van der Waals surface area contributed by atoms with Crippen LogP contribution in [-0.2, 0) is 0 Å². The second-order valence-electron chi connectivity index (χ2n) is 4.77. The molecule has 1 aromatic rings. The van der Waals surface area contributed by atoms with Crippen molar-refractivity contribution < 1.29 is 4.74 Å². The number of hydrogen-bond donors (Lipinski definition) is 2. The fourth-order valence-electron chi connectivity index (χ4n) is 2.64. The predicted molar refractivity (Wildman–Crippen MR) is 69.6 cm³/mol. The maximum Gasteiger partial charge on any atom is 0.119 e. The van der Waals surface area contributed by atoms with E-state index in [1.54, 1.807) is 0 Å². The van der Waals surface area contributed by atoms with Crippen LogP contribution in [0.15, 0.2) is 30.3 Å². The first kappa shape index (κ1) is 12.4. The third kappa shape index (κ3) is 3.72. The molecule has 1 fully saturated rings. The Balaban J connectivity index is 1.72. The first-order valence-corrected chi connectivity index (χ1v) is 6.54. The molecule has 17 heavy (non-hydrogen) atoms. The molecule has 3 N–H and O–H groups in total. The van der Waals surface area contributed by atoms with Gasteiger partial charge in [0.05, 0.1) is 6.61 Å². The summed E-state index contributed by atoms with van der Waals surface area (Å²) >= 11 is 0. The van der Waals surface area contributed by atoms with Crippen LogP contribution in [0.1, 0.15) is 32.1 Å². The van der Waals surface area contributed by atoms with Crippen molar-refractivity contribution in [3.8, 4) is 5.75 Å². The Hall–Kier alpha value is -1.06. The maximum atomic E-state index is 5.70. The first-order chi connectivity index (χ1) is 8.40. The molecular formula is C14H22N2O. The van der Waals surface area contributed by atoms with Crippen molar-refractivity contribution >= 4 is 0 Å². The quantitative estimate of drug-likeness (QED) is 0.587. The Bertz CT molecular complexity index is 309. The van der Waals surface area contributed by atoms with E-state index in [9.17, 15) is 0 Å². The smallest absolute Gasteiger partial charge is 0.119 e. The van der Waals surface area contributed by atoms with Gasteiger partial charge in [-0.3, -0.25) is 11.3 Å². The summed E-state index contributed by atoms with van der Waals surface area (Å²) in [5.74, 6) is 7.30. The molecule has 94 valence electrons. The van der Waals surface area contributed by atoms with E-state index in [0.717, 1.165) is 24.7 Å². The van der Waals surface area contributed by atoms with E-state index in [0.29, 0.717) is 6.04 Å². The zero-order valence-corrected chi connectivity index (χ0v) is 10.3. The van der Waals surface area contributed by atoms with Gasteiger partial charge in [0.15, 0.2) is 0 Å². The van der Waals surface area contributed by atoms with Crippen LogP contribution in [0, 0.1) is 5.92 Å². The monoisotopic (exact) mass is 234 g/mol. The summed E-state index contributed by atoms with van der Waals surface area (Å²) in [5, 5.41) is 0. The summed E-state index contributed by atoms with van der Waals surface area (Å²) in [4.78, 5) is 0. The SMILES string of the molecule is NNC(CCOc1ccccc1)C1CCCC1. The number of nitrogens with one attached hydrogen (secondary N) is 1. The van der Waals surface area contributed by atoms with Gasteiger partial charge in [0.1, 0.15) is 5.75 Å². The van der Waals surface area contributed by atoms with Crippen molar-refractivity contribution in [1.82, 2.24) is 5.43 Å². The lowest BCUT2D eigenvalue weighted by Gasteiger charge is -2.22. The molecular weight excluding hydrogens is 212 g/mol. The summed E-state index contributed by atoms with van der Waals surface area (Å²) in [6.45, 7) is 0.732. The lowest BCUT2D eigenvalue weighted by atomic mass is 9.96. The minimum absolute atomic E-state index is 0.404. The van der Waals surface area contributed by atoms with Crippen molar-refractivity contribution in [3.05, 3.63) is 30.3 Å². The van der Waals surface area contributed by atoms with E-state index in [-0.39, 0.29) is 0 Å². The molecule has 1 unspecified atom stereocenters. The average molecular weight is 234 g/mol. The third-order valence-corrected chi connectivity index (χ3v) is 3.62. The Morgan fingerprint density at radius 3 is 2.59 bits per heavy atom. The van der Waals surface area contributed by atoms with E-state index in [1.165, 1.54) is 25.7 Å². The number of ether oxygens (including phenoxy) is 1. The van der Waals surface area contributed by atoms with Gasteiger partial charge in [-0.2, -0.15) is 0 Å². The predicted octanol–water partition coefficient (Wildman–Crippen LogP) is 2.48. The highest BCUT2D eigenvalue weighted by Gasteiger charge is 2.23. The number of hydrogen-bond acceptors (Lipinski definition) is 3. The van der Waals surface area contributed by atoms with Crippen molar-refractivity contribution in [2.45, 2.75) is 38.1 Å². The highest BCUT2D eigenvalue weighted by molar-refractivity contribution is 5.20. The molecule has 0 saturated heterocycles. The van der Waals surface area contributed by atoms with Crippen LogP contribution in [0.3, 0.4) is 0 Å². The lowest BCUT2D eigenvalue weighted by molar-refractivity contribution is 0.252. The molecule has 1 aliphatic rings. The number of rotatable bonds is 6. The van der Waals surface area contributed by atoms with Crippen LogP contribution >= 0.6 is 0 Å². The minimum Gasteiger partial charge on any atom is -0.494 e. The summed E-state index contributed by atoms with van der Waals surface area (Å²) in [7, 11) is 0. The topological polar surface area (TPSA) is 47.3 Å². The summed E-state index contributed by atoms with van der Waals surface area (Å²) in [5.41, 5.74) is 2.95. The van der Waals surface area contributed by atoms with E-state index in [1.807, 2.05) is 30.3 Å². The molecule has 0 radical (unpaired) electrons. The molecule has 0 heterocycles. The van der Waals surface area contributed by atoms with Gasteiger partial charge < -0.3 is 4.74 Å². The van der Waals surface area contributed by atoms with Crippen molar-refractivity contribution in [2.75, 3.05) is 6.61 Å². The van der Waals surface area contributed by atoms with Crippen LogP contribution in [0.4, 0.5) is 0 Å². The Morgan fingerprint density at radius 2 is 1.94 bits per heavy atom. The highest BCUT2D eigenvalue weighted by atomic mass is 16.5. The zero-order chi connectivity index (χ0) is 11.9. The van der Waals surface area contributed by atoms with Crippen LogP contribution in [0.2, 0.25) is 0 Å². The number of hydrazine groups is 1. The van der Waals surface area contributed by atoms with Gasteiger partial charge in [0.25, 0.3) is 0 Å². The van der Waals surface area contributed by atoms with E-state index in [4.69, 9.17) is 10.6 Å². The number of benzene rings is 1. The van der Waals surface area contributed by atoms with Gasteiger partial charge >= 0.3 is 0 Å². The summed E-state index contributed by atoms with van der Waals surface area (Å²) in [6, 6.07) is 10.4.